The smallest absolute Gasteiger partial charge is 0.274 e. The Morgan fingerprint density at radius 3 is 2.75 bits per heavy atom. The summed E-state index contributed by atoms with van der Waals surface area (Å²) in [5, 5.41) is 17.9. The van der Waals surface area contributed by atoms with Gasteiger partial charge in [-0.25, -0.2) is 4.98 Å². The van der Waals surface area contributed by atoms with Gasteiger partial charge in [-0.2, -0.15) is 0 Å². The van der Waals surface area contributed by atoms with Crippen molar-refractivity contribution in [2.24, 2.45) is 0 Å². The van der Waals surface area contributed by atoms with Crippen LogP contribution in [-0.2, 0) is 11.3 Å². The number of hydrogen-bond acceptors (Lipinski definition) is 6. The molecule has 0 bridgehead atoms. The van der Waals surface area contributed by atoms with Crippen molar-refractivity contribution in [1.29, 1.82) is 0 Å². The minimum Gasteiger partial charge on any atom is -0.504 e. The van der Waals surface area contributed by atoms with Crippen molar-refractivity contribution in [1.82, 2.24) is 20.6 Å². The van der Waals surface area contributed by atoms with Gasteiger partial charge in [0.2, 0.25) is 5.91 Å². The number of nitrogens with zero attached hydrogens (tertiary/aromatic N) is 3. The minimum atomic E-state index is -0.560. The number of benzene rings is 1. The largest absolute Gasteiger partial charge is 0.504 e. The summed E-state index contributed by atoms with van der Waals surface area (Å²) in [5.41, 5.74) is 0.848. The molecule has 8 nitrogen and oxygen atoms in total. The summed E-state index contributed by atoms with van der Waals surface area (Å²) in [6.07, 6.45) is 2.76. The molecule has 166 valence electrons. The molecular weight excluding hydrogens is 453 g/mol. The van der Waals surface area contributed by atoms with E-state index in [4.69, 9.17) is 23.2 Å². The standard InChI is InChI=1S/C22H21Cl2N5O3/c1-29(11-15-4-5-17(30)27-15)21-16-3-2-6-25-18(16)20(31)19(28-21)22(32)26-10-12-7-13(23)9-14(24)8-12/h2-3,6-9,15,31H,4-5,10-11H2,1H3,(H,26,32)(H,27,30)/t15-/m1/s1. The number of halogens is 2. The first kappa shape index (κ1) is 22.1. The number of aromatic nitrogens is 2. The van der Waals surface area contributed by atoms with Crippen molar-refractivity contribution < 1.29 is 14.7 Å². The lowest BCUT2D eigenvalue weighted by atomic mass is 10.1. The molecule has 2 aromatic heterocycles. The van der Waals surface area contributed by atoms with E-state index in [0.29, 0.717) is 39.8 Å². The minimum absolute atomic E-state index is 0.0142. The fourth-order valence-corrected chi connectivity index (χ4v) is 4.34. The highest BCUT2D eigenvalue weighted by atomic mass is 35.5. The maximum atomic E-state index is 12.9. The highest BCUT2D eigenvalue weighted by molar-refractivity contribution is 6.34. The van der Waals surface area contributed by atoms with Gasteiger partial charge in [-0.05, 0) is 42.3 Å². The second-order valence-electron chi connectivity index (χ2n) is 7.68. The van der Waals surface area contributed by atoms with Crippen LogP contribution in [0.1, 0.15) is 28.9 Å². The maximum absolute atomic E-state index is 12.9. The Balaban J connectivity index is 1.62. The van der Waals surface area contributed by atoms with Crippen LogP contribution in [0.25, 0.3) is 10.9 Å². The number of carbonyl (C=O) groups excluding carboxylic acids is 2. The quantitative estimate of drug-likeness (QED) is 0.506. The molecule has 0 radical (unpaired) electrons. The molecular formula is C22H21Cl2N5O3. The molecule has 1 fully saturated rings. The van der Waals surface area contributed by atoms with Crippen molar-refractivity contribution in [2.45, 2.75) is 25.4 Å². The Hall–Kier alpha value is -3.10. The van der Waals surface area contributed by atoms with E-state index in [2.05, 4.69) is 20.6 Å². The Labute approximate surface area is 194 Å². The van der Waals surface area contributed by atoms with Gasteiger partial charge in [0.25, 0.3) is 5.91 Å². The molecule has 1 aliphatic heterocycles. The zero-order valence-electron chi connectivity index (χ0n) is 17.2. The van der Waals surface area contributed by atoms with Crippen LogP contribution in [0.3, 0.4) is 0 Å². The van der Waals surface area contributed by atoms with Gasteiger partial charge < -0.3 is 20.6 Å². The molecule has 0 aliphatic carbocycles. The third kappa shape index (κ3) is 4.71. The molecule has 3 aromatic rings. The van der Waals surface area contributed by atoms with Gasteiger partial charge in [0.1, 0.15) is 11.3 Å². The number of amides is 2. The average molecular weight is 474 g/mol. The molecule has 0 unspecified atom stereocenters. The highest BCUT2D eigenvalue weighted by Gasteiger charge is 2.25. The molecule has 1 atom stereocenters. The average Bonchev–Trinajstić information content (AvgIpc) is 3.16. The molecule has 3 N–H and O–H groups in total. The monoisotopic (exact) mass is 473 g/mol. The number of rotatable bonds is 6. The van der Waals surface area contributed by atoms with Crippen LogP contribution in [0.5, 0.6) is 5.75 Å². The molecule has 10 heteroatoms. The second kappa shape index (κ2) is 9.18. The number of pyridine rings is 2. The Bertz CT molecular complexity index is 1180. The lowest BCUT2D eigenvalue weighted by molar-refractivity contribution is -0.119. The van der Waals surface area contributed by atoms with Gasteiger partial charge >= 0.3 is 0 Å². The second-order valence-corrected chi connectivity index (χ2v) is 8.55. The molecule has 32 heavy (non-hydrogen) atoms. The maximum Gasteiger partial charge on any atom is 0.274 e. The van der Waals surface area contributed by atoms with Gasteiger partial charge in [0, 0.05) is 54.2 Å². The van der Waals surface area contributed by atoms with Gasteiger partial charge in [-0.3, -0.25) is 14.6 Å². The molecule has 3 heterocycles. The zero-order valence-corrected chi connectivity index (χ0v) is 18.7. The number of fused-ring (bicyclic) bond motifs is 1. The Morgan fingerprint density at radius 1 is 1.31 bits per heavy atom. The van der Waals surface area contributed by atoms with Crippen LogP contribution in [0.15, 0.2) is 36.5 Å². The molecule has 4 rings (SSSR count). The van der Waals surface area contributed by atoms with Crippen molar-refractivity contribution >= 4 is 51.7 Å². The van der Waals surface area contributed by atoms with E-state index in [9.17, 15) is 14.7 Å². The molecule has 1 saturated heterocycles. The lowest BCUT2D eigenvalue weighted by Gasteiger charge is -2.24. The number of anilines is 1. The fourth-order valence-electron chi connectivity index (χ4n) is 3.77. The van der Waals surface area contributed by atoms with Gasteiger partial charge in [-0.15, -0.1) is 0 Å². The van der Waals surface area contributed by atoms with Crippen molar-refractivity contribution in [3.63, 3.8) is 0 Å². The normalized spacial score (nSPS) is 15.6. The van der Waals surface area contributed by atoms with Gasteiger partial charge in [0.05, 0.1) is 0 Å². The van der Waals surface area contributed by atoms with Crippen LogP contribution in [-0.4, -0.2) is 46.5 Å². The summed E-state index contributed by atoms with van der Waals surface area (Å²) in [6.45, 7) is 0.662. The summed E-state index contributed by atoms with van der Waals surface area (Å²) in [5.74, 6) is -0.346. The van der Waals surface area contributed by atoms with Crippen LogP contribution in [0.2, 0.25) is 10.0 Å². The van der Waals surface area contributed by atoms with Gasteiger partial charge in [0.15, 0.2) is 11.4 Å². The summed E-state index contributed by atoms with van der Waals surface area (Å²) >= 11 is 12.0. The van der Waals surface area contributed by atoms with Crippen LogP contribution < -0.4 is 15.5 Å². The summed E-state index contributed by atoms with van der Waals surface area (Å²) in [7, 11) is 1.83. The number of aromatic hydroxyl groups is 1. The summed E-state index contributed by atoms with van der Waals surface area (Å²) < 4.78 is 0. The number of nitrogens with one attached hydrogen (secondary N) is 2. The van der Waals surface area contributed by atoms with E-state index in [0.717, 1.165) is 6.42 Å². The number of likely N-dealkylation sites (N-methyl/N-ethyl adjacent to an activating group) is 1. The van der Waals surface area contributed by atoms with E-state index in [1.54, 1.807) is 36.5 Å². The van der Waals surface area contributed by atoms with E-state index < -0.39 is 5.91 Å². The first-order valence-corrected chi connectivity index (χ1v) is 10.8. The summed E-state index contributed by atoms with van der Waals surface area (Å²) in [4.78, 5) is 35.0. The molecule has 2 amide bonds. The lowest BCUT2D eigenvalue weighted by Crippen LogP contribution is -2.37. The molecule has 0 spiro atoms. The van der Waals surface area contributed by atoms with Crippen LogP contribution in [0.4, 0.5) is 5.82 Å². The van der Waals surface area contributed by atoms with E-state index in [1.807, 2.05) is 11.9 Å². The molecule has 1 aromatic carbocycles. The van der Waals surface area contributed by atoms with E-state index in [1.165, 1.54) is 0 Å². The first-order valence-electron chi connectivity index (χ1n) is 10.0. The highest BCUT2D eigenvalue weighted by Crippen LogP contribution is 2.32. The first-order chi connectivity index (χ1) is 15.3. The van der Waals surface area contributed by atoms with Crippen LogP contribution in [0, 0.1) is 0 Å². The molecule has 1 aliphatic rings. The zero-order chi connectivity index (χ0) is 22.8. The third-order valence-corrected chi connectivity index (χ3v) is 5.68. The predicted octanol–water partition coefficient (Wildman–Crippen LogP) is 3.29. The van der Waals surface area contributed by atoms with Crippen molar-refractivity contribution in [2.75, 3.05) is 18.5 Å². The molecule has 0 saturated carbocycles. The van der Waals surface area contributed by atoms with E-state index >= 15 is 0 Å². The Kier molecular flexibility index (Phi) is 6.34. The van der Waals surface area contributed by atoms with E-state index in [-0.39, 0.29) is 35.5 Å². The third-order valence-electron chi connectivity index (χ3n) is 5.25. The number of hydrogen-bond donors (Lipinski definition) is 3. The van der Waals surface area contributed by atoms with Crippen molar-refractivity contribution in [3.8, 4) is 5.75 Å². The summed E-state index contributed by atoms with van der Waals surface area (Å²) in [6, 6.07) is 8.49. The van der Waals surface area contributed by atoms with Gasteiger partial charge in [-0.1, -0.05) is 23.2 Å². The Morgan fingerprint density at radius 2 is 2.06 bits per heavy atom. The predicted molar refractivity (Wildman–Crippen MR) is 123 cm³/mol. The van der Waals surface area contributed by atoms with Crippen LogP contribution >= 0.6 is 23.2 Å². The fraction of sp³-hybridized carbons (Fsp3) is 0.273. The topological polar surface area (TPSA) is 107 Å². The number of carbonyl (C=O) groups is 2. The SMILES string of the molecule is CN(C[C@H]1CCC(=O)N1)c1nc(C(=O)NCc2cc(Cl)cc(Cl)c2)c(O)c2ncccc12. The van der Waals surface area contributed by atoms with Crippen molar-refractivity contribution in [3.05, 3.63) is 57.8 Å².